The zero-order chi connectivity index (χ0) is 23.8. The number of nitrogens with zero attached hydrogens (tertiary/aromatic N) is 5. The maximum absolute atomic E-state index is 13.5. The first-order valence-corrected chi connectivity index (χ1v) is 11.0. The van der Waals surface area contributed by atoms with Gasteiger partial charge in [-0.3, -0.25) is 4.90 Å². The van der Waals surface area contributed by atoms with Crippen LogP contribution in [0.15, 0.2) is 18.3 Å². The van der Waals surface area contributed by atoms with Crippen LogP contribution >= 0.6 is 0 Å². The molecular weight excluding hydrogens is 441 g/mol. The molecule has 0 spiro atoms. The fourth-order valence-corrected chi connectivity index (χ4v) is 4.33. The molecule has 12 heteroatoms. The second-order valence-corrected chi connectivity index (χ2v) is 8.88. The van der Waals surface area contributed by atoms with Crippen LogP contribution in [0.2, 0.25) is 0 Å². The van der Waals surface area contributed by atoms with Gasteiger partial charge in [0.2, 0.25) is 11.8 Å². The van der Waals surface area contributed by atoms with Gasteiger partial charge in [0, 0.05) is 31.1 Å². The third-order valence-corrected chi connectivity index (χ3v) is 6.06. The summed E-state index contributed by atoms with van der Waals surface area (Å²) >= 11 is 0. The molecule has 180 valence electrons. The lowest BCUT2D eigenvalue weighted by Crippen LogP contribution is -2.66. The second-order valence-electron chi connectivity index (χ2n) is 8.88. The summed E-state index contributed by atoms with van der Waals surface area (Å²) in [5, 5.41) is 16.6. The number of hydrogen-bond acceptors (Lipinski definition) is 6. The Kier molecular flexibility index (Phi) is 6.35. The average Bonchev–Trinajstić information content (AvgIpc) is 3.21. The number of anilines is 1. The van der Waals surface area contributed by atoms with Crippen molar-refractivity contribution in [2.24, 2.45) is 5.92 Å². The van der Waals surface area contributed by atoms with E-state index in [1.165, 1.54) is 21.8 Å². The maximum Gasteiger partial charge on any atom is 0.407 e. The summed E-state index contributed by atoms with van der Waals surface area (Å²) < 4.78 is 47.3. The van der Waals surface area contributed by atoms with Gasteiger partial charge in [0.1, 0.15) is 18.6 Å². The Morgan fingerprint density at radius 1 is 1.33 bits per heavy atom. The van der Waals surface area contributed by atoms with Crippen LogP contribution in [-0.2, 0) is 6.67 Å². The van der Waals surface area contributed by atoms with Crippen LogP contribution in [0.25, 0.3) is 5.95 Å². The summed E-state index contributed by atoms with van der Waals surface area (Å²) in [6.07, 6.45) is 0.296. The number of ether oxygens (including phenoxy) is 1. The Labute approximate surface area is 189 Å². The van der Waals surface area contributed by atoms with Crippen LogP contribution in [0.1, 0.15) is 45.2 Å². The molecule has 2 atom stereocenters. The number of carbonyl (C=O) groups is 1. The number of alkyl halides is 3. The standard InChI is InChI=1S/C21H27F3N6O3/c1-12(2)18-15(11-29(18)20(31)32)33-17-9-16(25-13-3-6-21(23,24)7-4-13)26-19(27-17)30-8-5-14(10-22)28-30/h5,8-9,12-13,15,18H,3-4,6-7,10-11H2,1-2H3,(H,31,32)(H,25,26,27). The van der Waals surface area contributed by atoms with Crippen LogP contribution in [0, 0.1) is 5.92 Å². The van der Waals surface area contributed by atoms with Crippen LogP contribution in [-0.4, -0.2) is 66.5 Å². The van der Waals surface area contributed by atoms with E-state index in [0.29, 0.717) is 18.7 Å². The van der Waals surface area contributed by atoms with Crippen molar-refractivity contribution in [2.45, 2.75) is 70.3 Å². The van der Waals surface area contributed by atoms with Gasteiger partial charge in [-0.05, 0) is 24.8 Å². The smallest absolute Gasteiger partial charge is 0.407 e. The fraction of sp³-hybridized carbons (Fsp3) is 0.619. The van der Waals surface area contributed by atoms with Gasteiger partial charge in [-0.25, -0.2) is 22.6 Å². The molecule has 1 saturated carbocycles. The lowest BCUT2D eigenvalue weighted by Gasteiger charge is -2.47. The Morgan fingerprint density at radius 2 is 2.06 bits per heavy atom. The monoisotopic (exact) mass is 468 g/mol. The van der Waals surface area contributed by atoms with E-state index in [1.807, 2.05) is 13.8 Å². The number of amides is 1. The van der Waals surface area contributed by atoms with Gasteiger partial charge in [0.15, 0.2) is 0 Å². The molecule has 33 heavy (non-hydrogen) atoms. The number of halogens is 3. The molecule has 2 aromatic rings. The van der Waals surface area contributed by atoms with Crippen molar-refractivity contribution in [2.75, 3.05) is 11.9 Å². The van der Waals surface area contributed by atoms with E-state index in [4.69, 9.17) is 4.74 Å². The summed E-state index contributed by atoms with van der Waals surface area (Å²) in [6.45, 7) is 3.28. The predicted molar refractivity (Wildman–Crippen MR) is 113 cm³/mol. The maximum atomic E-state index is 13.5. The van der Waals surface area contributed by atoms with Gasteiger partial charge in [0.25, 0.3) is 5.95 Å². The lowest BCUT2D eigenvalue weighted by atomic mass is 9.89. The molecule has 1 saturated heterocycles. The minimum Gasteiger partial charge on any atom is -0.470 e. The van der Waals surface area contributed by atoms with Gasteiger partial charge >= 0.3 is 6.09 Å². The molecule has 2 aliphatic rings. The van der Waals surface area contributed by atoms with E-state index in [2.05, 4.69) is 20.4 Å². The topological polar surface area (TPSA) is 105 Å². The molecule has 1 aliphatic heterocycles. The van der Waals surface area contributed by atoms with Crippen molar-refractivity contribution in [3.8, 4) is 11.8 Å². The van der Waals surface area contributed by atoms with E-state index in [0.717, 1.165) is 0 Å². The molecule has 0 radical (unpaired) electrons. The summed E-state index contributed by atoms with van der Waals surface area (Å²) in [5.41, 5.74) is 0.213. The van der Waals surface area contributed by atoms with Gasteiger partial charge in [-0.15, -0.1) is 0 Å². The number of rotatable bonds is 7. The van der Waals surface area contributed by atoms with E-state index < -0.39 is 24.8 Å². The highest BCUT2D eigenvalue weighted by atomic mass is 19.3. The Balaban J connectivity index is 1.57. The first kappa shape index (κ1) is 23.1. The van der Waals surface area contributed by atoms with E-state index >= 15 is 0 Å². The van der Waals surface area contributed by atoms with Crippen molar-refractivity contribution in [1.82, 2.24) is 24.6 Å². The zero-order valence-electron chi connectivity index (χ0n) is 18.4. The Hall–Kier alpha value is -3.05. The van der Waals surface area contributed by atoms with Gasteiger partial charge in [-0.1, -0.05) is 13.8 Å². The third kappa shape index (κ3) is 5.14. The minimum absolute atomic E-state index is 0.0286. The van der Waals surface area contributed by atoms with Crippen LogP contribution in [0.5, 0.6) is 5.88 Å². The molecule has 1 amide bonds. The van der Waals surface area contributed by atoms with Crippen molar-refractivity contribution in [3.05, 3.63) is 24.0 Å². The summed E-state index contributed by atoms with van der Waals surface area (Å²) in [6, 6.07) is 2.55. The van der Waals surface area contributed by atoms with E-state index in [1.54, 1.807) is 6.07 Å². The van der Waals surface area contributed by atoms with Crippen LogP contribution < -0.4 is 10.1 Å². The van der Waals surface area contributed by atoms with Crippen molar-refractivity contribution >= 4 is 11.9 Å². The molecule has 2 unspecified atom stereocenters. The number of hydrogen-bond donors (Lipinski definition) is 2. The predicted octanol–water partition coefficient (Wildman–Crippen LogP) is 3.89. The van der Waals surface area contributed by atoms with Crippen molar-refractivity contribution in [1.29, 1.82) is 0 Å². The van der Waals surface area contributed by atoms with Crippen LogP contribution in [0.3, 0.4) is 0 Å². The minimum atomic E-state index is -2.65. The van der Waals surface area contributed by atoms with E-state index in [9.17, 15) is 23.1 Å². The zero-order valence-corrected chi connectivity index (χ0v) is 18.4. The third-order valence-electron chi connectivity index (χ3n) is 6.06. The van der Waals surface area contributed by atoms with Gasteiger partial charge in [-0.2, -0.15) is 15.1 Å². The molecule has 2 aromatic heterocycles. The summed E-state index contributed by atoms with van der Waals surface area (Å²) in [4.78, 5) is 21.5. The number of nitrogens with one attached hydrogen (secondary N) is 1. The lowest BCUT2D eigenvalue weighted by molar-refractivity contribution is -0.0528. The normalized spacial score (nSPS) is 22.8. The molecule has 9 nitrogen and oxygen atoms in total. The average molecular weight is 468 g/mol. The first-order valence-electron chi connectivity index (χ1n) is 11.0. The molecule has 2 fully saturated rings. The highest BCUT2D eigenvalue weighted by molar-refractivity contribution is 5.67. The SMILES string of the molecule is CC(C)C1C(Oc2cc(NC3CCC(F)(F)CC3)nc(-n3ccc(CF)n3)n2)CN1C(=O)O. The summed E-state index contributed by atoms with van der Waals surface area (Å²) in [5.74, 6) is -1.92. The largest absolute Gasteiger partial charge is 0.470 e. The van der Waals surface area contributed by atoms with E-state index in [-0.39, 0.29) is 54.9 Å². The van der Waals surface area contributed by atoms with Crippen LogP contribution in [0.4, 0.5) is 23.8 Å². The van der Waals surface area contributed by atoms with Crippen molar-refractivity contribution in [3.63, 3.8) is 0 Å². The molecule has 0 bridgehead atoms. The van der Waals surface area contributed by atoms with Crippen molar-refractivity contribution < 1.29 is 27.8 Å². The second kappa shape index (κ2) is 9.06. The molecule has 2 N–H and O–H groups in total. The van der Waals surface area contributed by atoms with Gasteiger partial charge in [0.05, 0.1) is 18.3 Å². The highest BCUT2D eigenvalue weighted by Gasteiger charge is 2.46. The fourth-order valence-electron chi connectivity index (χ4n) is 4.33. The Morgan fingerprint density at radius 3 is 2.67 bits per heavy atom. The summed E-state index contributed by atoms with van der Waals surface area (Å²) in [7, 11) is 0. The molecule has 4 rings (SSSR count). The highest BCUT2D eigenvalue weighted by Crippen LogP contribution is 2.35. The Bertz CT molecular complexity index is 991. The molecule has 3 heterocycles. The molecular formula is C21H27F3N6O3. The van der Waals surface area contributed by atoms with Gasteiger partial charge < -0.3 is 15.2 Å². The first-order chi connectivity index (χ1) is 15.6. The number of aromatic nitrogens is 4. The number of carboxylic acid groups (broad SMARTS) is 1. The number of likely N-dealkylation sites (tertiary alicyclic amines) is 1. The quantitative estimate of drug-likeness (QED) is 0.635. The molecule has 0 aromatic carbocycles. The molecule has 1 aliphatic carbocycles.